The first kappa shape index (κ1) is 15.0. The van der Waals surface area contributed by atoms with E-state index in [0.717, 1.165) is 19.2 Å². The molecule has 7 heteroatoms. The Labute approximate surface area is 137 Å². The fourth-order valence-electron chi connectivity index (χ4n) is 2.97. The summed E-state index contributed by atoms with van der Waals surface area (Å²) in [7, 11) is 0. The Hall–Kier alpha value is -2.54. The quantitative estimate of drug-likeness (QED) is 0.783. The Morgan fingerprint density at radius 1 is 1.33 bits per heavy atom. The van der Waals surface area contributed by atoms with Crippen LogP contribution in [-0.4, -0.2) is 35.6 Å². The van der Waals surface area contributed by atoms with Gasteiger partial charge in [-0.25, -0.2) is 8.78 Å². The minimum atomic E-state index is -0.998. The van der Waals surface area contributed by atoms with E-state index in [-0.39, 0.29) is 17.1 Å². The van der Waals surface area contributed by atoms with Crippen molar-refractivity contribution in [1.29, 1.82) is 0 Å². The highest BCUT2D eigenvalue weighted by atomic mass is 19.2. The monoisotopic (exact) mass is 330 g/mol. The van der Waals surface area contributed by atoms with Crippen LogP contribution in [0.3, 0.4) is 0 Å². The van der Waals surface area contributed by atoms with E-state index in [1.165, 1.54) is 0 Å². The van der Waals surface area contributed by atoms with Gasteiger partial charge >= 0.3 is 0 Å². The Bertz CT molecular complexity index is 881. The highest BCUT2D eigenvalue weighted by Crippen LogP contribution is 2.34. The number of oxazole rings is 1. The SMILES string of the molecule is C[C@H]1CNCCN1c1nc2c(F)c(F)cc(-c3ccccn3)c2o1. The van der Waals surface area contributed by atoms with Crippen LogP contribution >= 0.6 is 0 Å². The van der Waals surface area contributed by atoms with Crippen molar-refractivity contribution in [1.82, 2.24) is 15.3 Å². The van der Waals surface area contributed by atoms with E-state index in [2.05, 4.69) is 15.3 Å². The molecule has 124 valence electrons. The first-order chi connectivity index (χ1) is 11.6. The molecule has 2 aromatic heterocycles. The van der Waals surface area contributed by atoms with Gasteiger partial charge in [-0.2, -0.15) is 4.98 Å². The summed E-state index contributed by atoms with van der Waals surface area (Å²) in [5.41, 5.74) is 1.02. The van der Waals surface area contributed by atoms with Gasteiger partial charge in [-0.1, -0.05) is 6.07 Å². The van der Waals surface area contributed by atoms with Crippen LogP contribution in [0.15, 0.2) is 34.9 Å². The summed E-state index contributed by atoms with van der Waals surface area (Å²) in [5, 5.41) is 3.27. The zero-order valence-electron chi connectivity index (χ0n) is 13.1. The molecule has 0 saturated carbocycles. The summed E-state index contributed by atoms with van der Waals surface area (Å²) in [5.74, 6) is -1.96. The predicted octanol–water partition coefficient (Wildman–Crippen LogP) is 2.97. The van der Waals surface area contributed by atoms with Crippen LogP contribution in [0.25, 0.3) is 22.4 Å². The molecule has 1 atom stereocenters. The van der Waals surface area contributed by atoms with Crippen molar-refractivity contribution in [2.45, 2.75) is 13.0 Å². The van der Waals surface area contributed by atoms with Crippen molar-refractivity contribution in [2.75, 3.05) is 24.5 Å². The minimum Gasteiger partial charge on any atom is -0.423 e. The molecule has 0 aliphatic carbocycles. The molecule has 3 heterocycles. The van der Waals surface area contributed by atoms with E-state index >= 15 is 0 Å². The maximum Gasteiger partial charge on any atom is 0.298 e. The second-order valence-corrected chi connectivity index (χ2v) is 5.86. The van der Waals surface area contributed by atoms with E-state index in [4.69, 9.17) is 4.42 Å². The molecular formula is C17H16F2N4O. The summed E-state index contributed by atoms with van der Waals surface area (Å²) in [4.78, 5) is 10.4. The second kappa shape index (κ2) is 5.83. The number of hydrogen-bond donors (Lipinski definition) is 1. The van der Waals surface area contributed by atoms with Gasteiger partial charge < -0.3 is 14.6 Å². The van der Waals surface area contributed by atoms with Crippen molar-refractivity contribution < 1.29 is 13.2 Å². The number of aromatic nitrogens is 2. The molecular weight excluding hydrogens is 314 g/mol. The number of pyridine rings is 1. The highest BCUT2D eigenvalue weighted by molar-refractivity contribution is 5.90. The van der Waals surface area contributed by atoms with Gasteiger partial charge in [0.05, 0.1) is 5.69 Å². The van der Waals surface area contributed by atoms with E-state index < -0.39 is 11.6 Å². The standard InChI is InChI=1S/C17H16F2N4O/c1-10-9-20-6-7-23(10)17-22-15-14(19)12(18)8-11(16(15)24-17)13-4-2-3-5-21-13/h2-5,8,10,20H,6-7,9H2,1H3/t10-/m0/s1. The molecule has 3 aromatic rings. The molecule has 1 aromatic carbocycles. The lowest BCUT2D eigenvalue weighted by Crippen LogP contribution is -2.50. The van der Waals surface area contributed by atoms with Gasteiger partial charge in [-0.15, -0.1) is 0 Å². The van der Waals surface area contributed by atoms with Crippen LogP contribution in [0.4, 0.5) is 14.8 Å². The van der Waals surface area contributed by atoms with Gasteiger partial charge in [0.2, 0.25) is 0 Å². The van der Waals surface area contributed by atoms with Crippen molar-refractivity contribution in [3.05, 3.63) is 42.1 Å². The summed E-state index contributed by atoms with van der Waals surface area (Å²) < 4.78 is 34.1. The fourth-order valence-corrected chi connectivity index (χ4v) is 2.97. The van der Waals surface area contributed by atoms with E-state index in [9.17, 15) is 8.78 Å². The average Bonchev–Trinajstić information content (AvgIpc) is 3.04. The fraction of sp³-hybridized carbons (Fsp3) is 0.294. The molecule has 0 spiro atoms. The number of hydrogen-bond acceptors (Lipinski definition) is 5. The number of nitrogens with one attached hydrogen (secondary N) is 1. The molecule has 1 saturated heterocycles. The second-order valence-electron chi connectivity index (χ2n) is 5.86. The lowest BCUT2D eigenvalue weighted by atomic mass is 10.1. The summed E-state index contributed by atoms with van der Waals surface area (Å²) in [6.07, 6.45) is 1.60. The zero-order valence-corrected chi connectivity index (χ0v) is 13.1. The van der Waals surface area contributed by atoms with Crippen molar-refractivity contribution in [3.8, 4) is 11.3 Å². The normalized spacial score (nSPS) is 18.3. The third kappa shape index (κ3) is 2.41. The van der Waals surface area contributed by atoms with Crippen molar-refractivity contribution >= 4 is 17.1 Å². The number of rotatable bonds is 2. The van der Waals surface area contributed by atoms with E-state index in [1.54, 1.807) is 24.4 Å². The van der Waals surface area contributed by atoms with Crippen LogP contribution in [0.1, 0.15) is 6.92 Å². The molecule has 0 bridgehead atoms. The maximum atomic E-state index is 14.2. The number of halogens is 2. The highest BCUT2D eigenvalue weighted by Gasteiger charge is 2.26. The van der Waals surface area contributed by atoms with Crippen LogP contribution in [0.5, 0.6) is 0 Å². The molecule has 1 fully saturated rings. The van der Waals surface area contributed by atoms with Gasteiger partial charge in [0, 0.05) is 37.4 Å². The van der Waals surface area contributed by atoms with Gasteiger partial charge in [0.15, 0.2) is 22.7 Å². The smallest absolute Gasteiger partial charge is 0.298 e. The Morgan fingerprint density at radius 3 is 2.96 bits per heavy atom. The van der Waals surface area contributed by atoms with Crippen LogP contribution in [0.2, 0.25) is 0 Å². The van der Waals surface area contributed by atoms with Crippen LogP contribution < -0.4 is 10.2 Å². The Kier molecular flexibility index (Phi) is 3.65. The number of fused-ring (bicyclic) bond motifs is 1. The van der Waals surface area contributed by atoms with Crippen molar-refractivity contribution in [3.63, 3.8) is 0 Å². The van der Waals surface area contributed by atoms with Crippen molar-refractivity contribution in [2.24, 2.45) is 0 Å². The Morgan fingerprint density at radius 2 is 2.21 bits per heavy atom. The zero-order chi connectivity index (χ0) is 16.7. The van der Waals surface area contributed by atoms with Gasteiger partial charge in [-0.3, -0.25) is 4.98 Å². The number of piperazine rings is 1. The molecule has 5 nitrogen and oxygen atoms in total. The third-order valence-electron chi connectivity index (χ3n) is 4.24. The number of anilines is 1. The van der Waals surface area contributed by atoms with Gasteiger partial charge in [-0.05, 0) is 25.1 Å². The summed E-state index contributed by atoms with van der Waals surface area (Å²) >= 11 is 0. The largest absolute Gasteiger partial charge is 0.423 e. The minimum absolute atomic E-state index is 0.101. The predicted molar refractivity (Wildman–Crippen MR) is 86.8 cm³/mol. The third-order valence-corrected chi connectivity index (χ3v) is 4.24. The molecule has 0 unspecified atom stereocenters. The summed E-state index contributed by atoms with van der Waals surface area (Å²) in [6.45, 7) is 4.28. The van der Waals surface area contributed by atoms with E-state index in [1.807, 2.05) is 11.8 Å². The molecule has 1 N–H and O–H groups in total. The summed E-state index contributed by atoms with van der Waals surface area (Å²) in [6, 6.07) is 6.83. The van der Waals surface area contributed by atoms with Crippen LogP contribution in [-0.2, 0) is 0 Å². The molecule has 1 aliphatic rings. The lowest BCUT2D eigenvalue weighted by Gasteiger charge is -2.32. The topological polar surface area (TPSA) is 54.2 Å². The van der Waals surface area contributed by atoms with Gasteiger partial charge in [0.25, 0.3) is 6.01 Å². The molecule has 24 heavy (non-hydrogen) atoms. The first-order valence-corrected chi connectivity index (χ1v) is 7.82. The Balaban J connectivity index is 1.90. The molecule has 0 radical (unpaired) electrons. The average molecular weight is 330 g/mol. The lowest BCUT2D eigenvalue weighted by molar-refractivity contribution is 0.456. The number of benzene rings is 1. The van der Waals surface area contributed by atoms with Crippen LogP contribution in [0, 0.1) is 11.6 Å². The molecule has 4 rings (SSSR count). The number of nitrogens with zero attached hydrogens (tertiary/aromatic N) is 3. The molecule has 0 amide bonds. The van der Waals surface area contributed by atoms with Gasteiger partial charge in [0.1, 0.15) is 0 Å². The maximum absolute atomic E-state index is 14.2. The van der Waals surface area contributed by atoms with E-state index in [0.29, 0.717) is 23.8 Å². The first-order valence-electron chi connectivity index (χ1n) is 7.82. The molecule has 1 aliphatic heterocycles.